The molecule has 0 spiro atoms. The molecule has 0 atom stereocenters. The highest BCUT2D eigenvalue weighted by molar-refractivity contribution is 7.19. The van der Waals surface area contributed by atoms with Crippen molar-refractivity contribution in [2.45, 2.75) is 37.3 Å². The van der Waals surface area contributed by atoms with Gasteiger partial charge in [-0.05, 0) is 42.0 Å². The Bertz CT molecular complexity index is 624. The van der Waals surface area contributed by atoms with Gasteiger partial charge < -0.3 is 5.73 Å². The van der Waals surface area contributed by atoms with Crippen LogP contribution in [0.5, 0.6) is 0 Å². The smallest absolute Gasteiger partial charge is 0.330 e. The molecule has 0 amide bonds. The molecule has 1 heterocycles. The van der Waals surface area contributed by atoms with Crippen LogP contribution in [0, 0.1) is 0 Å². The van der Waals surface area contributed by atoms with E-state index in [1.165, 1.54) is 6.07 Å². The third-order valence-electron chi connectivity index (χ3n) is 4.36. The molecule has 3 rings (SSSR count). The Morgan fingerprint density at radius 2 is 1.85 bits per heavy atom. The van der Waals surface area contributed by atoms with E-state index in [-0.39, 0.29) is 5.41 Å². The van der Waals surface area contributed by atoms with Gasteiger partial charge in [-0.1, -0.05) is 18.9 Å². The molecule has 0 saturated heterocycles. The van der Waals surface area contributed by atoms with E-state index < -0.39 is 11.1 Å². The third kappa shape index (κ3) is 2.23. The average molecular weight is 299 g/mol. The lowest BCUT2D eigenvalue weighted by Gasteiger charge is -2.27. The normalized spacial score (nSPS) is 18.8. The first-order chi connectivity index (χ1) is 9.44. The molecule has 1 fully saturated rings. The monoisotopic (exact) mass is 299 g/mol. The standard InChI is InChI=1S/C15H16F3NS/c16-15(17,18)13-8-10-7-11(3-4-12(10)20-13)14(9-19)5-1-2-6-14/h3-4,7-8H,1-2,5-6,9,19H2. The summed E-state index contributed by atoms with van der Waals surface area (Å²) < 4.78 is 39.0. The molecule has 5 heteroatoms. The number of hydrogen-bond acceptors (Lipinski definition) is 2. The Morgan fingerprint density at radius 1 is 1.15 bits per heavy atom. The van der Waals surface area contributed by atoms with Crippen molar-refractivity contribution in [2.24, 2.45) is 5.73 Å². The Balaban J connectivity index is 2.06. The van der Waals surface area contributed by atoms with Gasteiger partial charge in [-0.2, -0.15) is 13.2 Å². The number of alkyl halides is 3. The molecular weight excluding hydrogens is 283 g/mol. The first kappa shape index (κ1) is 13.9. The van der Waals surface area contributed by atoms with Gasteiger partial charge in [0, 0.05) is 16.7 Å². The maximum absolute atomic E-state index is 12.8. The minimum atomic E-state index is -4.26. The van der Waals surface area contributed by atoms with Gasteiger partial charge in [0.2, 0.25) is 0 Å². The molecule has 1 aliphatic carbocycles. The molecule has 1 nitrogen and oxygen atoms in total. The minimum Gasteiger partial charge on any atom is -0.330 e. The van der Waals surface area contributed by atoms with Crippen LogP contribution in [-0.2, 0) is 11.6 Å². The zero-order valence-corrected chi connectivity index (χ0v) is 11.8. The maximum Gasteiger partial charge on any atom is 0.425 e. The van der Waals surface area contributed by atoms with Crippen molar-refractivity contribution in [2.75, 3.05) is 6.54 Å². The fraction of sp³-hybridized carbons (Fsp3) is 0.467. The Labute approximate surface area is 119 Å². The van der Waals surface area contributed by atoms with Crippen LogP contribution in [0.3, 0.4) is 0 Å². The van der Waals surface area contributed by atoms with E-state index in [1.807, 2.05) is 12.1 Å². The Morgan fingerprint density at radius 3 is 2.45 bits per heavy atom. The van der Waals surface area contributed by atoms with Crippen LogP contribution in [0.1, 0.15) is 36.1 Å². The van der Waals surface area contributed by atoms with E-state index in [0.29, 0.717) is 16.6 Å². The molecule has 20 heavy (non-hydrogen) atoms. The van der Waals surface area contributed by atoms with Crippen molar-refractivity contribution < 1.29 is 13.2 Å². The van der Waals surface area contributed by atoms with E-state index in [9.17, 15) is 13.2 Å². The third-order valence-corrected chi connectivity index (χ3v) is 5.52. The van der Waals surface area contributed by atoms with Gasteiger partial charge in [-0.3, -0.25) is 0 Å². The highest BCUT2D eigenvalue weighted by Crippen LogP contribution is 2.43. The van der Waals surface area contributed by atoms with Crippen molar-refractivity contribution in [3.63, 3.8) is 0 Å². The second-order valence-corrected chi connectivity index (χ2v) is 6.64. The van der Waals surface area contributed by atoms with Gasteiger partial charge >= 0.3 is 6.18 Å². The van der Waals surface area contributed by atoms with Crippen molar-refractivity contribution in [1.82, 2.24) is 0 Å². The fourth-order valence-electron chi connectivity index (χ4n) is 3.18. The number of nitrogens with two attached hydrogens (primary N) is 1. The lowest BCUT2D eigenvalue weighted by molar-refractivity contribution is -0.134. The summed E-state index contributed by atoms with van der Waals surface area (Å²) in [6.07, 6.45) is 0.0959. The average Bonchev–Trinajstić information content (AvgIpc) is 3.04. The van der Waals surface area contributed by atoms with Crippen molar-refractivity contribution in [1.29, 1.82) is 0 Å². The summed E-state index contributed by atoms with van der Waals surface area (Å²) in [4.78, 5) is -0.530. The largest absolute Gasteiger partial charge is 0.425 e. The number of rotatable bonds is 2. The Hall–Kier alpha value is -1.07. The van der Waals surface area contributed by atoms with Crippen LogP contribution in [0.25, 0.3) is 10.1 Å². The zero-order chi connectivity index (χ0) is 14.4. The minimum absolute atomic E-state index is 0.0332. The van der Waals surface area contributed by atoms with Crippen LogP contribution in [0.2, 0.25) is 0 Å². The van der Waals surface area contributed by atoms with Crippen LogP contribution >= 0.6 is 11.3 Å². The van der Waals surface area contributed by atoms with Crippen LogP contribution in [0.15, 0.2) is 24.3 Å². The molecule has 0 bridgehead atoms. The van der Waals surface area contributed by atoms with Crippen LogP contribution < -0.4 is 5.73 Å². The van der Waals surface area contributed by atoms with Crippen LogP contribution in [-0.4, -0.2) is 6.54 Å². The fourth-order valence-corrected chi connectivity index (χ4v) is 4.09. The van der Waals surface area contributed by atoms with E-state index in [2.05, 4.69) is 0 Å². The zero-order valence-electron chi connectivity index (χ0n) is 11.0. The highest BCUT2D eigenvalue weighted by atomic mass is 32.1. The second kappa shape index (κ2) is 4.74. The summed E-state index contributed by atoms with van der Waals surface area (Å²) >= 11 is 0.806. The molecular formula is C15H16F3NS. The number of benzene rings is 1. The second-order valence-electron chi connectivity index (χ2n) is 5.55. The molecule has 2 N–H and O–H groups in total. The van der Waals surface area contributed by atoms with E-state index in [4.69, 9.17) is 5.73 Å². The molecule has 1 aromatic carbocycles. The predicted octanol–water partition coefficient (Wildman–Crippen LogP) is 4.69. The van der Waals surface area contributed by atoms with Gasteiger partial charge in [0.1, 0.15) is 4.88 Å². The van der Waals surface area contributed by atoms with E-state index >= 15 is 0 Å². The van der Waals surface area contributed by atoms with Gasteiger partial charge in [0.05, 0.1) is 0 Å². The van der Waals surface area contributed by atoms with Gasteiger partial charge in [0.25, 0.3) is 0 Å². The number of fused-ring (bicyclic) bond motifs is 1. The summed E-state index contributed by atoms with van der Waals surface area (Å²) in [5, 5.41) is 0.680. The molecule has 1 saturated carbocycles. The lowest BCUT2D eigenvalue weighted by Crippen LogP contribution is -2.31. The van der Waals surface area contributed by atoms with Gasteiger partial charge in [0.15, 0.2) is 0 Å². The SMILES string of the molecule is NCC1(c2ccc3sc(C(F)(F)F)cc3c2)CCCC1. The number of hydrogen-bond donors (Lipinski definition) is 1. The molecule has 1 aliphatic rings. The molecule has 0 unspecified atom stereocenters. The number of halogens is 3. The predicted molar refractivity (Wildman–Crippen MR) is 76.0 cm³/mol. The summed E-state index contributed by atoms with van der Waals surface area (Å²) in [5.74, 6) is 0. The van der Waals surface area contributed by atoms with Crippen molar-refractivity contribution >= 4 is 21.4 Å². The first-order valence-electron chi connectivity index (χ1n) is 6.76. The van der Waals surface area contributed by atoms with Gasteiger partial charge in [-0.15, -0.1) is 11.3 Å². The highest BCUT2D eigenvalue weighted by Gasteiger charge is 2.35. The summed E-state index contributed by atoms with van der Waals surface area (Å²) in [7, 11) is 0. The molecule has 0 aliphatic heterocycles. The summed E-state index contributed by atoms with van der Waals surface area (Å²) in [6.45, 7) is 0.564. The van der Waals surface area contributed by atoms with E-state index in [0.717, 1.165) is 42.6 Å². The quantitative estimate of drug-likeness (QED) is 0.855. The lowest BCUT2D eigenvalue weighted by atomic mass is 9.79. The topological polar surface area (TPSA) is 26.0 Å². The molecule has 0 radical (unpaired) electrons. The molecule has 2 aromatic rings. The maximum atomic E-state index is 12.8. The van der Waals surface area contributed by atoms with Crippen molar-refractivity contribution in [3.8, 4) is 0 Å². The summed E-state index contributed by atoms with van der Waals surface area (Å²) in [6, 6.07) is 6.92. The van der Waals surface area contributed by atoms with Crippen molar-refractivity contribution in [3.05, 3.63) is 34.7 Å². The number of thiophene rings is 1. The Kier molecular flexibility index (Phi) is 3.29. The molecule has 108 valence electrons. The van der Waals surface area contributed by atoms with Gasteiger partial charge in [-0.25, -0.2) is 0 Å². The summed E-state index contributed by atoms with van der Waals surface area (Å²) in [5.41, 5.74) is 7.00. The molecule has 1 aromatic heterocycles. The van der Waals surface area contributed by atoms with E-state index in [1.54, 1.807) is 6.07 Å². The van der Waals surface area contributed by atoms with Crippen LogP contribution in [0.4, 0.5) is 13.2 Å². The first-order valence-corrected chi connectivity index (χ1v) is 7.58.